The van der Waals surface area contributed by atoms with Gasteiger partial charge in [0.05, 0.1) is 12.0 Å². The standard InChI is InChI=1S/C18H27N3O2S/c19-16(22)14-20-9-5-10-21(12-11-20)17(23)18(7-2-1-3-8-18)15-6-4-13-24-15/h4,6,13H,1-3,5,7-12,14H2,(H2,19,22). The Morgan fingerprint density at radius 2 is 1.88 bits per heavy atom. The molecule has 0 atom stereocenters. The molecular formula is C18H27N3O2S. The van der Waals surface area contributed by atoms with Crippen molar-refractivity contribution in [2.45, 2.75) is 43.9 Å². The zero-order valence-corrected chi connectivity index (χ0v) is 15.0. The number of nitrogens with two attached hydrogens (primary N) is 1. The SMILES string of the molecule is NC(=O)CN1CCCN(C(=O)C2(c3cccs3)CCCCC2)CC1. The van der Waals surface area contributed by atoms with Crippen molar-refractivity contribution in [2.75, 3.05) is 32.7 Å². The van der Waals surface area contributed by atoms with Crippen molar-refractivity contribution in [1.82, 2.24) is 9.80 Å². The van der Waals surface area contributed by atoms with E-state index in [1.807, 2.05) is 4.90 Å². The summed E-state index contributed by atoms with van der Waals surface area (Å²) in [7, 11) is 0. The quantitative estimate of drug-likeness (QED) is 0.904. The molecule has 24 heavy (non-hydrogen) atoms. The Bertz CT molecular complexity index is 567. The van der Waals surface area contributed by atoms with Crippen LogP contribution in [0.1, 0.15) is 43.4 Å². The van der Waals surface area contributed by atoms with Gasteiger partial charge >= 0.3 is 0 Å². The first-order chi connectivity index (χ1) is 11.6. The zero-order chi connectivity index (χ0) is 17.0. The highest BCUT2D eigenvalue weighted by Crippen LogP contribution is 2.43. The van der Waals surface area contributed by atoms with E-state index in [-0.39, 0.29) is 17.9 Å². The van der Waals surface area contributed by atoms with Gasteiger partial charge in [0.25, 0.3) is 0 Å². The molecule has 2 heterocycles. The van der Waals surface area contributed by atoms with Gasteiger partial charge in [-0.1, -0.05) is 25.3 Å². The van der Waals surface area contributed by atoms with Crippen molar-refractivity contribution in [3.05, 3.63) is 22.4 Å². The summed E-state index contributed by atoms with van der Waals surface area (Å²) in [5, 5.41) is 2.08. The fraction of sp³-hybridized carbons (Fsp3) is 0.667. The van der Waals surface area contributed by atoms with Gasteiger partial charge in [-0.05, 0) is 30.7 Å². The van der Waals surface area contributed by atoms with E-state index >= 15 is 0 Å². The van der Waals surface area contributed by atoms with Gasteiger partial charge in [0.1, 0.15) is 0 Å². The van der Waals surface area contributed by atoms with Crippen LogP contribution >= 0.6 is 11.3 Å². The van der Waals surface area contributed by atoms with Crippen LogP contribution in [0, 0.1) is 0 Å². The molecule has 5 nitrogen and oxygen atoms in total. The van der Waals surface area contributed by atoms with Crippen molar-refractivity contribution in [3.63, 3.8) is 0 Å². The number of hydrogen-bond acceptors (Lipinski definition) is 4. The average Bonchev–Trinajstić information content (AvgIpc) is 3.03. The summed E-state index contributed by atoms with van der Waals surface area (Å²) in [4.78, 5) is 30.0. The summed E-state index contributed by atoms with van der Waals surface area (Å²) in [5.41, 5.74) is 5.00. The molecule has 6 heteroatoms. The van der Waals surface area contributed by atoms with E-state index in [1.165, 1.54) is 11.3 Å². The molecule has 2 amide bonds. The lowest BCUT2D eigenvalue weighted by atomic mass is 9.72. The van der Waals surface area contributed by atoms with Crippen molar-refractivity contribution in [3.8, 4) is 0 Å². The van der Waals surface area contributed by atoms with E-state index in [4.69, 9.17) is 5.73 Å². The molecule has 1 aliphatic heterocycles. The number of carbonyl (C=O) groups excluding carboxylic acids is 2. The van der Waals surface area contributed by atoms with Gasteiger partial charge < -0.3 is 10.6 Å². The molecule has 1 aromatic heterocycles. The normalized spacial score (nSPS) is 22.1. The maximum absolute atomic E-state index is 13.5. The maximum atomic E-state index is 13.5. The predicted octanol–water partition coefficient (Wildman–Crippen LogP) is 1.97. The predicted molar refractivity (Wildman–Crippen MR) is 95.9 cm³/mol. The summed E-state index contributed by atoms with van der Waals surface area (Å²) in [6.07, 6.45) is 6.32. The van der Waals surface area contributed by atoms with E-state index in [2.05, 4.69) is 22.4 Å². The fourth-order valence-corrected chi connectivity index (χ4v) is 5.10. The highest BCUT2D eigenvalue weighted by molar-refractivity contribution is 7.10. The summed E-state index contributed by atoms with van der Waals surface area (Å²) in [5.74, 6) is 0.00249. The van der Waals surface area contributed by atoms with E-state index in [9.17, 15) is 9.59 Å². The summed E-state index contributed by atoms with van der Waals surface area (Å²) < 4.78 is 0. The van der Waals surface area contributed by atoms with Crippen LogP contribution in [0.3, 0.4) is 0 Å². The molecule has 132 valence electrons. The summed E-state index contributed by atoms with van der Waals surface area (Å²) in [6, 6.07) is 4.19. The van der Waals surface area contributed by atoms with Gasteiger partial charge in [0.15, 0.2) is 0 Å². The lowest BCUT2D eigenvalue weighted by Crippen LogP contribution is -2.49. The summed E-state index contributed by atoms with van der Waals surface area (Å²) in [6.45, 7) is 3.33. The molecule has 1 saturated carbocycles. The smallest absolute Gasteiger partial charge is 0.234 e. The first-order valence-corrected chi connectivity index (χ1v) is 9.84. The molecule has 3 rings (SSSR count). The number of nitrogens with zero attached hydrogens (tertiary/aromatic N) is 2. The zero-order valence-electron chi connectivity index (χ0n) is 14.2. The second kappa shape index (κ2) is 7.66. The van der Waals surface area contributed by atoms with Gasteiger partial charge in [0.2, 0.25) is 11.8 Å². The third-order valence-corrected chi connectivity index (χ3v) is 6.44. The van der Waals surface area contributed by atoms with Crippen LogP contribution in [0.5, 0.6) is 0 Å². The number of rotatable bonds is 4. The van der Waals surface area contributed by atoms with Crippen LogP contribution in [-0.4, -0.2) is 54.3 Å². The third kappa shape index (κ3) is 3.64. The Labute approximate surface area is 147 Å². The minimum absolute atomic E-state index is 0.290. The number of primary amides is 1. The van der Waals surface area contributed by atoms with Crippen molar-refractivity contribution in [2.24, 2.45) is 5.73 Å². The minimum Gasteiger partial charge on any atom is -0.369 e. The third-order valence-electron chi connectivity index (χ3n) is 5.36. The molecule has 1 aliphatic carbocycles. The lowest BCUT2D eigenvalue weighted by molar-refractivity contribution is -0.138. The van der Waals surface area contributed by atoms with E-state index in [0.29, 0.717) is 12.5 Å². The van der Waals surface area contributed by atoms with E-state index in [0.717, 1.165) is 51.7 Å². The van der Waals surface area contributed by atoms with Crippen LogP contribution in [0.2, 0.25) is 0 Å². The first-order valence-electron chi connectivity index (χ1n) is 8.96. The van der Waals surface area contributed by atoms with Gasteiger partial charge in [-0.25, -0.2) is 0 Å². The second-order valence-corrected chi connectivity index (χ2v) is 7.96. The molecule has 0 bridgehead atoms. The van der Waals surface area contributed by atoms with E-state index in [1.54, 1.807) is 11.3 Å². The molecule has 0 spiro atoms. The van der Waals surface area contributed by atoms with Gasteiger partial charge in [0, 0.05) is 31.1 Å². The molecule has 2 aliphatic rings. The maximum Gasteiger partial charge on any atom is 0.234 e. The van der Waals surface area contributed by atoms with Crippen molar-refractivity contribution in [1.29, 1.82) is 0 Å². The van der Waals surface area contributed by atoms with Crippen molar-refractivity contribution >= 4 is 23.2 Å². The summed E-state index contributed by atoms with van der Waals surface area (Å²) >= 11 is 1.72. The molecule has 0 aromatic carbocycles. The Morgan fingerprint density at radius 1 is 1.08 bits per heavy atom. The van der Waals surface area contributed by atoms with Gasteiger partial charge in [-0.15, -0.1) is 11.3 Å². The highest BCUT2D eigenvalue weighted by Gasteiger charge is 2.44. The van der Waals surface area contributed by atoms with Crippen LogP contribution < -0.4 is 5.73 Å². The van der Waals surface area contributed by atoms with Crippen molar-refractivity contribution < 1.29 is 9.59 Å². The van der Waals surface area contributed by atoms with E-state index < -0.39 is 0 Å². The monoisotopic (exact) mass is 349 g/mol. The molecule has 1 saturated heterocycles. The van der Waals surface area contributed by atoms with Crippen LogP contribution in [0.25, 0.3) is 0 Å². The van der Waals surface area contributed by atoms with Crippen LogP contribution in [0.4, 0.5) is 0 Å². The van der Waals surface area contributed by atoms with Crippen LogP contribution in [0.15, 0.2) is 17.5 Å². The second-order valence-electron chi connectivity index (χ2n) is 7.01. The number of thiophene rings is 1. The number of carbonyl (C=O) groups is 2. The van der Waals surface area contributed by atoms with Gasteiger partial charge in [-0.3, -0.25) is 14.5 Å². The Morgan fingerprint density at radius 3 is 2.54 bits per heavy atom. The largest absolute Gasteiger partial charge is 0.369 e. The Kier molecular flexibility index (Phi) is 5.56. The molecule has 0 unspecified atom stereocenters. The molecule has 1 aromatic rings. The van der Waals surface area contributed by atoms with Crippen LogP contribution in [-0.2, 0) is 15.0 Å². The lowest BCUT2D eigenvalue weighted by Gasteiger charge is -2.39. The number of hydrogen-bond donors (Lipinski definition) is 1. The molecular weight excluding hydrogens is 322 g/mol. The average molecular weight is 350 g/mol. The topological polar surface area (TPSA) is 66.6 Å². The first kappa shape index (κ1) is 17.4. The Balaban J connectivity index is 1.74. The fourth-order valence-electron chi connectivity index (χ4n) is 4.13. The Hall–Kier alpha value is -1.40. The number of amides is 2. The minimum atomic E-state index is -0.314. The molecule has 2 N–H and O–H groups in total. The highest BCUT2D eigenvalue weighted by atomic mass is 32.1. The van der Waals surface area contributed by atoms with Gasteiger partial charge in [-0.2, -0.15) is 0 Å². The molecule has 2 fully saturated rings. The molecule has 0 radical (unpaired) electrons.